The number of halogens is 1. The molecule has 1 heterocycles. The van der Waals surface area contributed by atoms with Gasteiger partial charge in [-0.2, -0.15) is 0 Å². The van der Waals surface area contributed by atoms with Gasteiger partial charge in [-0.05, 0) is 39.2 Å². The van der Waals surface area contributed by atoms with E-state index in [0.717, 1.165) is 13.0 Å². The fourth-order valence-electron chi connectivity index (χ4n) is 1.22. The summed E-state index contributed by atoms with van der Waals surface area (Å²) in [7, 11) is 4.00. The van der Waals surface area contributed by atoms with Crippen molar-refractivity contribution < 1.29 is 4.79 Å². The quantitative estimate of drug-likeness (QED) is 0.793. The van der Waals surface area contributed by atoms with Crippen LogP contribution in [-0.2, 0) is 0 Å². The van der Waals surface area contributed by atoms with Crippen LogP contribution in [0.1, 0.15) is 16.9 Å². The van der Waals surface area contributed by atoms with Crippen LogP contribution in [0.25, 0.3) is 0 Å². The maximum absolute atomic E-state index is 11.6. The highest BCUT2D eigenvalue weighted by Gasteiger charge is 2.06. The van der Waals surface area contributed by atoms with Crippen molar-refractivity contribution >= 4 is 17.5 Å². The first-order valence-corrected chi connectivity index (χ1v) is 5.52. The Morgan fingerprint density at radius 1 is 1.56 bits per heavy atom. The third-order valence-corrected chi connectivity index (χ3v) is 2.26. The molecule has 1 aromatic heterocycles. The van der Waals surface area contributed by atoms with E-state index in [1.807, 2.05) is 14.1 Å². The lowest BCUT2D eigenvalue weighted by Crippen LogP contribution is -2.27. The smallest absolute Gasteiger partial charge is 0.269 e. The Bertz CT molecular complexity index is 355. The van der Waals surface area contributed by atoms with Crippen molar-refractivity contribution in [2.45, 2.75) is 6.42 Å². The van der Waals surface area contributed by atoms with Crippen molar-refractivity contribution in [3.05, 3.63) is 29.0 Å². The van der Waals surface area contributed by atoms with E-state index in [-0.39, 0.29) is 5.91 Å². The van der Waals surface area contributed by atoms with Gasteiger partial charge in [-0.1, -0.05) is 11.6 Å². The van der Waals surface area contributed by atoms with Crippen molar-refractivity contribution in [1.29, 1.82) is 0 Å². The van der Waals surface area contributed by atoms with E-state index in [0.29, 0.717) is 17.3 Å². The number of nitrogens with one attached hydrogen (secondary N) is 1. The molecule has 0 saturated heterocycles. The minimum absolute atomic E-state index is 0.179. The summed E-state index contributed by atoms with van der Waals surface area (Å²) in [5, 5.41) is 3.32. The van der Waals surface area contributed by atoms with Crippen LogP contribution < -0.4 is 5.32 Å². The van der Waals surface area contributed by atoms with E-state index in [9.17, 15) is 4.79 Å². The molecule has 1 aromatic rings. The zero-order valence-electron chi connectivity index (χ0n) is 9.53. The topological polar surface area (TPSA) is 45.2 Å². The second kappa shape index (κ2) is 6.45. The van der Waals surface area contributed by atoms with Crippen LogP contribution in [-0.4, -0.2) is 43.0 Å². The summed E-state index contributed by atoms with van der Waals surface area (Å²) >= 11 is 5.77. The van der Waals surface area contributed by atoms with Crippen LogP contribution in [0.2, 0.25) is 5.02 Å². The molecular formula is C11H16ClN3O. The molecular weight excluding hydrogens is 226 g/mol. The Balaban J connectivity index is 2.35. The normalized spacial score (nSPS) is 10.5. The van der Waals surface area contributed by atoms with Gasteiger partial charge in [-0.3, -0.25) is 9.78 Å². The molecule has 0 aliphatic heterocycles. The summed E-state index contributed by atoms with van der Waals surface area (Å²) in [4.78, 5) is 17.6. The Labute approximate surface area is 101 Å². The SMILES string of the molecule is CN(C)CCCNC(=O)c1cc(Cl)ccn1. The summed E-state index contributed by atoms with van der Waals surface area (Å²) < 4.78 is 0. The zero-order chi connectivity index (χ0) is 12.0. The Morgan fingerprint density at radius 2 is 2.31 bits per heavy atom. The Hall–Kier alpha value is -1.13. The van der Waals surface area contributed by atoms with E-state index in [1.54, 1.807) is 12.1 Å². The summed E-state index contributed by atoms with van der Waals surface area (Å²) in [5.74, 6) is -0.179. The van der Waals surface area contributed by atoms with E-state index in [1.165, 1.54) is 6.20 Å². The summed E-state index contributed by atoms with van der Waals surface area (Å²) in [5.41, 5.74) is 0.359. The van der Waals surface area contributed by atoms with Crippen LogP contribution in [0.5, 0.6) is 0 Å². The number of pyridine rings is 1. The molecule has 4 nitrogen and oxygen atoms in total. The zero-order valence-corrected chi connectivity index (χ0v) is 10.3. The molecule has 88 valence electrons. The molecule has 0 aromatic carbocycles. The van der Waals surface area contributed by atoms with Crippen molar-refractivity contribution in [3.63, 3.8) is 0 Å². The number of carbonyl (C=O) groups excluding carboxylic acids is 1. The highest BCUT2D eigenvalue weighted by molar-refractivity contribution is 6.30. The maximum Gasteiger partial charge on any atom is 0.269 e. The van der Waals surface area contributed by atoms with Gasteiger partial charge in [-0.15, -0.1) is 0 Å². The number of nitrogens with zero attached hydrogens (tertiary/aromatic N) is 2. The molecule has 0 atom stereocenters. The minimum atomic E-state index is -0.179. The second-order valence-corrected chi connectivity index (χ2v) is 4.21. The van der Waals surface area contributed by atoms with E-state index in [4.69, 9.17) is 11.6 Å². The number of hydrogen-bond acceptors (Lipinski definition) is 3. The number of aromatic nitrogens is 1. The molecule has 0 radical (unpaired) electrons. The van der Waals surface area contributed by atoms with Crippen LogP contribution >= 0.6 is 11.6 Å². The molecule has 16 heavy (non-hydrogen) atoms. The van der Waals surface area contributed by atoms with Gasteiger partial charge < -0.3 is 10.2 Å². The predicted molar refractivity (Wildman–Crippen MR) is 64.8 cm³/mol. The van der Waals surface area contributed by atoms with Crippen LogP contribution in [0.3, 0.4) is 0 Å². The van der Waals surface area contributed by atoms with Gasteiger partial charge in [0.1, 0.15) is 5.69 Å². The molecule has 5 heteroatoms. The van der Waals surface area contributed by atoms with Crippen LogP contribution in [0, 0.1) is 0 Å². The highest BCUT2D eigenvalue weighted by atomic mass is 35.5. The number of carbonyl (C=O) groups is 1. The number of amides is 1. The first-order valence-electron chi connectivity index (χ1n) is 5.14. The molecule has 0 spiro atoms. The first kappa shape index (κ1) is 12.9. The molecule has 1 amide bonds. The van der Waals surface area contributed by atoms with Crippen molar-refractivity contribution in [2.75, 3.05) is 27.2 Å². The number of hydrogen-bond donors (Lipinski definition) is 1. The van der Waals surface area contributed by atoms with Gasteiger partial charge in [0.2, 0.25) is 0 Å². The predicted octanol–water partition coefficient (Wildman–Crippen LogP) is 1.42. The molecule has 0 bridgehead atoms. The van der Waals surface area contributed by atoms with Crippen LogP contribution in [0.4, 0.5) is 0 Å². The fraction of sp³-hybridized carbons (Fsp3) is 0.455. The molecule has 0 aliphatic rings. The first-order chi connectivity index (χ1) is 7.59. The van der Waals surface area contributed by atoms with Gasteiger partial charge in [-0.25, -0.2) is 0 Å². The lowest BCUT2D eigenvalue weighted by atomic mass is 10.3. The van der Waals surface area contributed by atoms with Gasteiger partial charge in [0.25, 0.3) is 5.91 Å². The Kier molecular flexibility index (Phi) is 5.22. The molecule has 0 fully saturated rings. The van der Waals surface area contributed by atoms with Crippen LogP contribution in [0.15, 0.2) is 18.3 Å². The number of rotatable bonds is 5. The second-order valence-electron chi connectivity index (χ2n) is 3.77. The van der Waals surface area contributed by atoms with Gasteiger partial charge in [0.05, 0.1) is 0 Å². The molecule has 0 saturated carbocycles. The maximum atomic E-state index is 11.6. The van der Waals surface area contributed by atoms with Crippen molar-refractivity contribution in [1.82, 2.24) is 15.2 Å². The molecule has 1 rings (SSSR count). The summed E-state index contributed by atoms with van der Waals surface area (Å²) in [6.07, 6.45) is 2.44. The van der Waals surface area contributed by atoms with E-state index in [2.05, 4.69) is 15.2 Å². The molecule has 1 N–H and O–H groups in total. The summed E-state index contributed by atoms with van der Waals surface area (Å²) in [6, 6.07) is 3.20. The minimum Gasteiger partial charge on any atom is -0.351 e. The largest absolute Gasteiger partial charge is 0.351 e. The monoisotopic (exact) mass is 241 g/mol. The lowest BCUT2D eigenvalue weighted by molar-refractivity contribution is 0.0947. The van der Waals surface area contributed by atoms with E-state index < -0.39 is 0 Å². The molecule has 0 aliphatic carbocycles. The van der Waals surface area contributed by atoms with Crippen molar-refractivity contribution in [3.8, 4) is 0 Å². The van der Waals surface area contributed by atoms with E-state index >= 15 is 0 Å². The highest BCUT2D eigenvalue weighted by Crippen LogP contribution is 2.07. The summed E-state index contributed by atoms with van der Waals surface area (Å²) in [6.45, 7) is 1.59. The van der Waals surface area contributed by atoms with Gasteiger partial charge in [0, 0.05) is 17.8 Å². The molecule has 0 unspecified atom stereocenters. The van der Waals surface area contributed by atoms with Gasteiger partial charge in [0.15, 0.2) is 0 Å². The third-order valence-electron chi connectivity index (χ3n) is 2.02. The van der Waals surface area contributed by atoms with Crippen molar-refractivity contribution in [2.24, 2.45) is 0 Å². The Morgan fingerprint density at radius 3 is 2.94 bits per heavy atom. The standard InChI is InChI=1S/C11H16ClN3O/c1-15(2)7-3-5-14-11(16)10-8-9(12)4-6-13-10/h4,6,8H,3,5,7H2,1-2H3,(H,14,16). The fourth-order valence-corrected chi connectivity index (χ4v) is 1.38. The average molecular weight is 242 g/mol. The average Bonchev–Trinajstić information content (AvgIpc) is 2.24. The third kappa shape index (κ3) is 4.59. The van der Waals surface area contributed by atoms with Gasteiger partial charge >= 0.3 is 0 Å². The lowest BCUT2D eigenvalue weighted by Gasteiger charge is -2.09.